The molecule has 21 heavy (non-hydrogen) atoms. The number of nitrogens with two attached hydrogens (primary N) is 1. The maximum atomic E-state index is 6.53. The Hall–Kier alpha value is -2.20. The van der Waals surface area contributed by atoms with Gasteiger partial charge in [-0.05, 0) is 24.8 Å². The minimum atomic E-state index is -0.212. The quantitative estimate of drug-likeness (QED) is 0.799. The number of fused-ring (bicyclic) bond motifs is 1. The predicted molar refractivity (Wildman–Crippen MR) is 85.1 cm³/mol. The number of aryl methyl sites for hydroxylation is 2. The van der Waals surface area contributed by atoms with Crippen molar-refractivity contribution in [1.82, 2.24) is 14.8 Å². The van der Waals surface area contributed by atoms with E-state index in [9.17, 15) is 0 Å². The lowest BCUT2D eigenvalue weighted by Crippen LogP contribution is -2.17. The minimum Gasteiger partial charge on any atom is -0.319 e. The molecule has 1 unspecified atom stereocenters. The van der Waals surface area contributed by atoms with Crippen LogP contribution in [-0.4, -0.2) is 14.8 Å². The second-order valence-corrected chi connectivity index (χ2v) is 5.16. The van der Waals surface area contributed by atoms with E-state index in [0.717, 1.165) is 40.7 Å². The van der Waals surface area contributed by atoms with Crippen LogP contribution in [0.3, 0.4) is 0 Å². The largest absolute Gasteiger partial charge is 0.319 e. The standard InChI is InChI=1S/C17H20N4/c1-3-13-9-16(21(4-2)20-13)17(18)15-11-19-10-12-7-5-6-8-14(12)15/h5-11,17H,3-4,18H2,1-2H3. The Morgan fingerprint density at radius 1 is 1.19 bits per heavy atom. The van der Waals surface area contributed by atoms with Crippen LogP contribution in [0.4, 0.5) is 0 Å². The van der Waals surface area contributed by atoms with Gasteiger partial charge in [-0.1, -0.05) is 31.2 Å². The molecule has 2 heterocycles. The van der Waals surface area contributed by atoms with E-state index in [0.29, 0.717) is 0 Å². The molecule has 1 aromatic carbocycles. The van der Waals surface area contributed by atoms with Crippen molar-refractivity contribution < 1.29 is 0 Å². The van der Waals surface area contributed by atoms with Crippen LogP contribution in [-0.2, 0) is 13.0 Å². The summed E-state index contributed by atoms with van der Waals surface area (Å²) in [6.07, 6.45) is 4.66. The molecule has 1 atom stereocenters. The molecule has 0 amide bonds. The first-order valence-electron chi connectivity index (χ1n) is 7.39. The van der Waals surface area contributed by atoms with Gasteiger partial charge in [-0.3, -0.25) is 9.67 Å². The van der Waals surface area contributed by atoms with Gasteiger partial charge in [0.2, 0.25) is 0 Å². The molecule has 3 aromatic rings. The van der Waals surface area contributed by atoms with Crippen molar-refractivity contribution in [2.75, 3.05) is 0 Å². The van der Waals surface area contributed by atoms with Crippen molar-refractivity contribution in [3.63, 3.8) is 0 Å². The highest BCUT2D eigenvalue weighted by Gasteiger charge is 2.17. The van der Waals surface area contributed by atoms with Crippen LogP contribution < -0.4 is 5.73 Å². The van der Waals surface area contributed by atoms with Crippen LogP contribution >= 0.6 is 0 Å². The third kappa shape index (κ3) is 2.43. The van der Waals surface area contributed by atoms with Crippen LogP contribution in [0.25, 0.3) is 10.8 Å². The normalized spacial score (nSPS) is 12.7. The predicted octanol–water partition coefficient (Wildman–Crippen LogP) is 3.06. The summed E-state index contributed by atoms with van der Waals surface area (Å²) in [5, 5.41) is 6.86. The van der Waals surface area contributed by atoms with Gasteiger partial charge in [-0.15, -0.1) is 0 Å². The van der Waals surface area contributed by atoms with Gasteiger partial charge in [-0.2, -0.15) is 5.10 Å². The summed E-state index contributed by atoms with van der Waals surface area (Å²) in [5.41, 5.74) is 9.70. The molecule has 2 N–H and O–H groups in total. The molecule has 0 saturated heterocycles. The van der Waals surface area contributed by atoms with Crippen molar-refractivity contribution in [1.29, 1.82) is 0 Å². The van der Waals surface area contributed by atoms with E-state index in [4.69, 9.17) is 5.73 Å². The highest BCUT2D eigenvalue weighted by molar-refractivity contribution is 5.85. The second-order valence-electron chi connectivity index (χ2n) is 5.16. The first kappa shape index (κ1) is 13.8. The average Bonchev–Trinajstić information content (AvgIpc) is 2.97. The fourth-order valence-corrected chi connectivity index (χ4v) is 2.71. The van der Waals surface area contributed by atoms with Gasteiger partial charge in [0.05, 0.1) is 17.4 Å². The first-order valence-corrected chi connectivity index (χ1v) is 7.39. The zero-order valence-corrected chi connectivity index (χ0v) is 12.5. The Labute approximate surface area is 124 Å². The molecule has 0 aliphatic carbocycles. The number of hydrogen-bond acceptors (Lipinski definition) is 3. The molecule has 0 spiro atoms. The number of rotatable bonds is 4. The van der Waals surface area contributed by atoms with Gasteiger partial charge in [0.15, 0.2) is 0 Å². The molecule has 0 aliphatic heterocycles. The molecule has 0 aliphatic rings. The summed E-state index contributed by atoms with van der Waals surface area (Å²) in [6.45, 7) is 5.02. The fourth-order valence-electron chi connectivity index (χ4n) is 2.71. The average molecular weight is 280 g/mol. The van der Waals surface area contributed by atoms with Gasteiger partial charge < -0.3 is 5.73 Å². The third-order valence-electron chi connectivity index (χ3n) is 3.88. The highest BCUT2D eigenvalue weighted by Crippen LogP contribution is 2.27. The van der Waals surface area contributed by atoms with Crippen LogP contribution in [0.2, 0.25) is 0 Å². The van der Waals surface area contributed by atoms with Crippen molar-refractivity contribution >= 4 is 10.8 Å². The monoisotopic (exact) mass is 280 g/mol. The Kier molecular flexibility index (Phi) is 3.71. The van der Waals surface area contributed by atoms with E-state index in [-0.39, 0.29) is 6.04 Å². The lowest BCUT2D eigenvalue weighted by atomic mass is 9.99. The first-order chi connectivity index (χ1) is 10.2. The van der Waals surface area contributed by atoms with Gasteiger partial charge in [-0.25, -0.2) is 0 Å². The molecule has 4 heteroatoms. The molecule has 4 nitrogen and oxygen atoms in total. The molecular formula is C17H20N4. The van der Waals surface area contributed by atoms with E-state index < -0.39 is 0 Å². The lowest BCUT2D eigenvalue weighted by molar-refractivity contribution is 0.595. The molecular weight excluding hydrogens is 260 g/mol. The van der Waals surface area contributed by atoms with Crippen molar-refractivity contribution in [3.8, 4) is 0 Å². The van der Waals surface area contributed by atoms with E-state index in [1.807, 2.05) is 29.2 Å². The summed E-state index contributed by atoms with van der Waals surface area (Å²) in [6, 6.07) is 10.1. The molecule has 0 fully saturated rings. The maximum Gasteiger partial charge on any atom is 0.0744 e. The van der Waals surface area contributed by atoms with Crippen LogP contribution in [0, 0.1) is 0 Å². The number of hydrogen-bond donors (Lipinski definition) is 1. The number of nitrogens with zero attached hydrogens (tertiary/aromatic N) is 3. The van der Waals surface area contributed by atoms with Gasteiger partial charge in [0, 0.05) is 29.9 Å². The topological polar surface area (TPSA) is 56.7 Å². The smallest absolute Gasteiger partial charge is 0.0744 e. The van der Waals surface area contributed by atoms with Gasteiger partial charge in [0.25, 0.3) is 0 Å². The Morgan fingerprint density at radius 2 is 2.00 bits per heavy atom. The molecule has 2 aromatic heterocycles. The summed E-state index contributed by atoms with van der Waals surface area (Å²) in [7, 11) is 0. The summed E-state index contributed by atoms with van der Waals surface area (Å²) in [5.74, 6) is 0. The number of benzene rings is 1. The Morgan fingerprint density at radius 3 is 2.76 bits per heavy atom. The molecule has 3 rings (SSSR count). The van der Waals surface area contributed by atoms with Gasteiger partial charge >= 0.3 is 0 Å². The molecule has 0 bridgehead atoms. The molecule has 108 valence electrons. The summed E-state index contributed by atoms with van der Waals surface area (Å²) >= 11 is 0. The van der Waals surface area contributed by atoms with Gasteiger partial charge in [0.1, 0.15) is 0 Å². The van der Waals surface area contributed by atoms with Crippen molar-refractivity contribution in [2.24, 2.45) is 5.73 Å². The van der Waals surface area contributed by atoms with E-state index in [1.165, 1.54) is 0 Å². The zero-order valence-electron chi connectivity index (χ0n) is 12.5. The second kappa shape index (κ2) is 5.66. The van der Waals surface area contributed by atoms with E-state index in [1.54, 1.807) is 0 Å². The minimum absolute atomic E-state index is 0.212. The fraction of sp³-hybridized carbons (Fsp3) is 0.294. The Balaban J connectivity index is 2.12. The lowest BCUT2D eigenvalue weighted by Gasteiger charge is -2.15. The van der Waals surface area contributed by atoms with Crippen LogP contribution in [0.15, 0.2) is 42.7 Å². The van der Waals surface area contributed by atoms with Crippen LogP contribution in [0.5, 0.6) is 0 Å². The number of aromatic nitrogens is 3. The molecule has 0 radical (unpaired) electrons. The van der Waals surface area contributed by atoms with Crippen molar-refractivity contribution in [3.05, 3.63) is 59.7 Å². The number of pyridine rings is 1. The van der Waals surface area contributed by atoms with Crippen LogP contribution in [0.1, 0.15) is 36.8 Å². The van der Waals surface area contributed by atoms with Crippen molar-refractivity contribution in [2.45, 2.75) is 32.9 Å². The summed E-state index contributed by atoms with van der Waals surface area (Å²) in [4.78, 5) is 4.33. The molecule has 0 saturated carbocycles. The van der Waals surface area contributed by atoms with E-state index in [2.05, 4.69) is 42.1 Å². The third-order valence-corrected chi connectivity index (χ3v) is 3.88. The maximum absolute atomic E-state index is 6.53. The Bertz CT molecular complexity index is 755. The SMILES string of the molecule is CCc1cc(C(N)c2cncc3ccccc23)n(CC)n1. The zero-order chi connectivity index (χ0) is 14.8. The van der Waals surface area contributed by atoms with E-state index >= 15 is 0 Å². The highest BCUT2D eigenvalue weighted by atomic mass is 15.3. The summed E-state index contributed by atoms with van der Waals surface area (Å²) < 4.78 is 1.99.